The Kier molecular flexibility index (Phi) is 8.33. The normalized spacial score (nSPS) is 12.2. The SMILES string of the molecule is COc1ccc(Cn2c(SCC(=O)N[C@@H](C)CCC(C)C)nc3ccccc3c2=O)cc1. The van der Waals surface area contributed by atoms with E-state index < -0.39 is 0 Å². The number of amides is 1. The number of carbonyl (C=O) groups excluding carboxylic acids is 1. The quantitative estimate of drug-likeness (QED) is 0.362. The minimum atomic E-state index is -0.111. The van der Waals surface area contributed by atoms with Crippen molar-refractivity contribution in [1.29, 1.82) is 0 Å². The monoisotopic (exact) mass is 453 g/mol. The van der Waals surface area contributed by atoms with Crippen molar-refractivity contribution in [1.82, 2.24) is 14.9 Å². The molecule has 0 aliphatic carbocycles. The molecule has 170 valence electrons. The number of hydrogen-bond acceptors (Lipinski definition) is 5. The molecule has 1 atom stereocenters. The second kappa shape index (κ2) is 11.2. The van der Waals surface area contributed by atoms with Crippen LogP contribution >= 0.6 is 11.8 Å². The summed E-state index contributed by atoms with van der Waals surface area (Å²) in [5, 5.41) is 4.15. The Labute approximate surface area is 193 Å². The van der Waals surface area contributed by atoms with E-state index in [1.165, 1.54) is 11.8 Å². The number of ether oxygens (including phenoxy) is 1. The van der Waals surface area contributed by atoms with Gasteiger partial charge in [-0.2, -0.15) is 0 Å². The van der Waals surface area contributed by atoms with Gasteiger partial charge in [0.2, 0.25) is 5.91 Å². The second-order valence-corrected chi connectivity index (χ2v) is 9.32. The molecule has 7 heteroatoms. The molecule has 0 radical (unpaired) electrons. The summed E-state index contributed by atoms with van der Waals surface area (Å²) in [5.41, 5.74) is 1.48. The average molecular weight is 454 g/mol. The molecule has 1 aromatic heterocycles. The van der Waals surface area contributed by atoms with Crippen molar-refractivity contribution < 1.29 is 9.53 Å². The Morgan fingerprint density at radius 2 is 1.81 bits per heavy atom. The summed E-state index contributed by atoms with van der Waals surface area (Å²) >= 11 is 1.29. The van der Waals surface area contributed by atoms with Gasteiger partial charge in [0.1, 0.15) is 5.75 Å². The van der Waals surface area contributed by atoms with Gasteiger partial charge in [0.15, 0.2) is 5.16 Å². The van der Waals surface area contributed by atoms with Gasteiger partial charge in [0.25, 0.3) is 5.56 Å². The van der Waals surface area contributed by atoms with Crippen LogP contribution in [0, 0.1) is 5.92 Å². The Bertz CT molecular complexity index is 1110. The molecule has 0 saturated heterocycles. The third-order valence-electron chi connectivity index (χ3n) is 5.24. The molecule has 6 nitrogen and oxygen atoms in total. The van der Waals surface area contributed by atoms with Crippen molar-refractivity contribution in [2.24, 2.45) is 5.92 Å². The molecule has 32 heavy (non-hydrogen) atoms. The summed E-state index contributed by atoms with van der Waals surface area (Å²) in [7, 11) is 1.62. The number of aromatic nitrogens is 2. The molecule has 2 aromatic carbocycles. The van der Waals surface area contributed by atoms with E-state index in [2.05, 4.69) is 19.2 Å². The summed E-state index contributed by atoms with van der Waals surface area (Å²) in [6, 6.07) is 15.0. The fraction of sp³-hybridized carbons (Fsp3) is 0.400. The molecule has 0 unspecified atom stereocenters. The van der Waals surface area contributed by atoms with Gasteiger partial charge in [-0.1, -0.05) is 49.9 Å². The Balaban J connectivity index is 1.80. The summed E-state index contributed by atoms with van der Waals surface area (Å²) in [4.78, 5) is 30.4. The van der Waals surface area contributed by atoms with Gasteiger partial charge in [0, 0.05) is 6.04 Å². The average Bonchev–Trinajstić information content (AvgIpc) is 2.79. The summed E-state index contributed by atoms with van der Waals surface area (Å²) in [5.74, 6) is 1.53. The number of methoxy groups -OCH3 is 1. The summed E-state index contributed by atoms with van der Waals surface area (Å²) in [6.07, 6.45) is 2.02. The maximum Gasteiger partial charge on any atom is 0.262 e. The zero-order chi connectivity index (χ0) is 23.1. The molecular formula is C25H31N3O3S. The molecule has 3 aromatic rings. The molecule has 3 rings (SSSR count). The summed E-state index contributed by atoms with van der Waals surface area (Å²) in [6.45, 7) is 6.75. The lowest BCUT2D eigenvalue weighted by atomic mass is 10.0. The van der Waals surface area contributed by atoms with E-state index in [1.807, 2.05) is 49.4 Å². The van der Waals surface area contributed by atoms with Gasteiger partial charge in [-0.05, 0) is 55.5 Å². The van der Waals surface area contributed by atoms with Gasteiger partial charge in [-0.15, -0.1) is 0 Å². The number of rotatable bonds is 10. The first-order valence-electron chi connectivity index (χ1n) is 10.9. The van der Waals surface area contributed by atoms with Crippen LogP contribution < -0.4 is 15.6 Å². The first kappa shape index (κ1) is 23.9. The number of nitrogens with one attached hydrogen (secondary N) is 1. The number of fused-ring (bicyclic) bond motifs is 1. The van der Waals surface area contributed by atoms with Gasteiger partial charge >= 0.3 is 0 Å². The Morgan fingerprint density at radius 3 is 2.50 bits per heavy atom. The zero-order valence-corrected chi connectivity index (χ0v) is 19.9. The Hall–Kier alpha value is -2.80. The summed E-state index contributed by atoms with van der Waals surface area (Å²) < 4.78 is 6.87. The Morgan fingerprint density at radius 1 is 1.09 bits per heavy atom. The largest absolute Gasteiger partial charge is 0.497 e. The van der Waals surface area contributed by atoms with Crippen LogP contribution in [-0.2, 0) is 11.3 Å². The van der Waals surface area contributed by atoms with E-state index in [0.29, 0.717) is 28.5 Å². The molecular weight excluding hydrogens is 422 g/mol. The van der Waals surface area contributed by atoms with Crippen LogP contribution in [0.2, 0.25) is 0 Å². The van der Waals surface area contributed by atoms with Crippen molar-refractivity contribution in [3.63, 3.8) is 0 Å². The molecule has 0 aliphatic rings. The number of benzene rings is 2. The van der Waals surface area contributed by atoms with Crippen molar-refractivity contribution in [2.45, 2.75) is 51.4 Å². The van der Waals surface area contributed by atoms with Crippen LogP contribution in [0.4, 0.5) is 0 Å². The topological polar surface area (TPSA) is 73.2 Å². The predicted octanol–water partition coefficient (Wildman–Crippen LogP) is 4.49. The molecule has 1 amide bonds. The molecule has 0 fully saturated rings. The minimum absolute atomic E-state index is 0.0512. The first-order valence-corrected chi connectivity index (χ1v) is 11.9. The van der Waals surface area contributed by atoms with Crippen molar-refractivity contribution in [2.75, 3.05) is 12.9 Å². The lowest BCUT2D eigenvalue weighted by molar-refractivity contribution is -0.119. The van der Waals surface area contributed by atoms with Crippen LogP contribution in [0.3, 0.4) is 0 Å². The smallest absolute Gasteiger partial charge is 0.262 e. The van der Waals surface area contributed by atoms with Gasteiger partial charge < -0.3 is 10.1 Å². The van der Waals surface area contributed by atoms with E-state index in [-0.39, 0.29) is 23.3 Å². The van der Waals surface area contributed by atoms with Crippen LogP contribution in [0.15, 0.2) is 58.5 Å². The predicted molar refractivity (Wildman–Crippen MR) is 130 cm³/mol. The third-order valence-corrected chi connectivity index (χ3v) is 6.22. The van der Waals surface area contributed by atoms with E-state index in [0.717, 1.165) is 24.2 Å². The van der Waals surface area contributed by atoms with E-state index in [4.69, 9.17) is 9.72 Å². The highest BCUT2D eigenvalue weighted by Gasteiger charge is 2.15. The van der Waals surface area contributed by atoms with Crippen molar-refractivity contribution in [3.8, 4) is 5.75 Å². The van der Waals surface area contributed by atoms with E-state index >= 15 is 0 Å². The maximum absolute atomic E-state index is 13.2. The van der Waals surface area contributed by atoms with Gasteiger partial charge in [0.05, 0.1) is 30.3 Å². The zero-order valence-electron chi connectivity index (χ0n) is 19.1. The van der Waals surface area contributed by atoms with Crippen LogP contribution in [0.25, 0.3) is 10.9 Å². The number of hydrogen-bond donors (Lipinski definition) is 1. The fourth-order valence-corrected chi connectivity index (χ4v) is 4.22. The maximum atomic E-state index is 13.2. The van der Waals surface area contributed by atoms with E-state index in [9.17, 15) is 9.59 Å². The first-order chi connectivity index (χ1) is 15.4. The molecule has 1 N–H and O–H groups in total. The molecule has 0 spiro atoms. The fourth-order valence-electron chi connectivity index (χ4n) is 3.41. The molecule has 0 saturated carbocycles. The van der Waals surface area contributed by atoms with Crippen molar-refractivity contribution in [3.05, 3.63) is 64.4 Å². The number of carbonyl (C=O) groups is 1. The standard InChI is InChI=1S/C25H31N3O3S/c1-17(2)9-10-18(3)26-23(29)16-32-25-27-22-8-6-5-7-21(22)24(30)28(25)15-19-11-13-20(31-4)14-12-19/h5-8,11-14,17-18H,9-10,15-16H2,1-4H3,(H,26,29)/t18-/m0/s1. The van der Waals surface area contributed by atoms with Gasteiger partial charge in [-0.25, -0.2) is 4.98 Å². The molecule has 0 bridgehead atoms. The third kappa shape index (κ3) is 6.36. The number of nitrogens with zero attached hydrogens (tertiary/aromatic N) is 2. The highest BCUT2D eigenvalue weighted by Crippen LogP contribution is 2.20. The minimum Gasteiger partial charge on any atom is -0.497 e. The van der Waals surface area contributed by atoms with Crippen LogP contribution in [-0.4, -0.2) is 34.4 Å². The lowest BCUT2D eigenvalue weighted by Crippen LogP contribution is -2.34. The number of para-hydroxylation sites is 1. The molecule has 0 aliphatic heterocycles. The lowest BCUT2D eigenvalue weighted by Gasteiger charge is -2.16. The van der Waals surface area contributed by atoms with Crippen LogP contribution in [0.1, 0.15) is 39.2 Å². The molecule has 1 heterocycles. The van der Waals surface area contributed by atoms with Crippen LogP contribution in [0.5, 0.6) is 5.75 Å². The number of thioether (sulfide) groups is 1. The second-order valence-electron chi connectivity index (χ2n) is 8.38. The van der Waals surface area contributed by atoms with Crippen molar-refractivity contribution >= 4 is 28.6 Å². The highest BCUT2D eigenvalue weighted by molar-refractivity contribution is 7.99. The van der Waals surface area contributed by atoms with Gasteiger partial charge in [-0.3, -0.25) is 14.2 Å². The highest BCUT2D eigenvalue weighted by atomic mass is 32.2. The van der Waals surface area contributed by atoms with E-state index in [1.54, 1.807) is 17.7 Å².